The maximum absolute atomic E-state index is 12.3. The number of benzene rings is 2. The maximum atomic E-state index is 12.3. The van der Waals surface area contributed by atoms with Gasteiger partial charge in [-0.3, -0.25) is 10.1 Å². The lowest BCUT2D eigenvalue weighted by Gasteiger charge is -1.96. The quantitative estimate of drug-likeness (QED) is 0.532. The molecule has 0 atom stereocenters. The first-order valence-electron chi connectivity index (χ1n) is 6.97. The van der Waals surface area contributed by atoms with Gasteiger partial charge < -0.3 is 4.42 Å². The zero-order chi connectivity index (χ0) is 15.8. The van der Waals surface area contributed by atoms with Crippen molar-refractivity contribution >= 4 is 55.3 Å². The van der Waals surface area contributed by atoms with Gasteiger partial charge in [0.15, 0.2) is 10.9 Å². The van der Waals surface area contributed by atoms with Crippen molar-refractivity contribution in [3.8, 4) is 0 Å². The summed E-state index contributed by atoms with van der Waals surface area (Å²) in [7, 11) is 0. The molecule has 0 saturated carbocycles. The van der Waals surface area contributed by atoms with Crippen molar-refractivity contribution in [2.45, 2.75) is 4.90 Å². The Morgan fingerprint density at radius 1 is 1.22 bits per heavy atom. The van der Waals surface area contributed by atoms with Crippen LogP contribution < -0.4 is 5.32 Å². The summed E-state index contributed by atoms with van der Waals surface area (Å²) in [6, 6.07) is 15.4. The molecule has 2 aromatic heterocycles. The molecule has 4 nitrogen and oxygen atoms in total. The number of para-hydroxylation sites is 1. The summed E-state index contributed by atoms with van der Waals surface area (Å²) in [6.07, 6.45) is 2.03. The lowest BCUT2D eigenvalue weighted by Crippen LogP contribution is -2.10. The van der Waals surface area contributed by atoms with E-state index in [-0.39, 0.29) is 11.7 Å². The van der Waals surface area contributed by atoms with Crippen LogP contribution in [0.25, 0.3) is 21.2 Å². The van der Waals surface area contributed by atoms with Crippen LogP contribution >= 0.6 is 23.1 Å². The molecule has 2 aromatic carbocycles. The van der Waals surface area contributed by atoms with Gasteiger partial charge in [0, 0.05) is 10.3 Å². The molecule has 1 N–H and O–H groups in total. The molecule has 2 heterocycles. The van der Waals surface area contributed by atoms with Crippen LogP contribution in [-0.2, 0) is 0 Å². The SMILES string of the molecule is CSc1ccc2nc(NC(=O)c3cc4ccccc4o3)sc2c1. The Bertz CT molecular complexity index is 987. The molecule has 1 amide bonds. The number of amides is 1. The summed E-state index contributed by atoms with van der Waals surface area (Å²) >= 11 is 3.14. The van der Waals surface area contributed by atoms with Gasteiger partial charge in [-0.15, -0.1) is 11.8 Å². The van der Waals surface area contributed by atoms with Gasteiger partial charge in [-0.25, -0.2) is 4.98 Å². The Labute approximate surface area is 140 Å². The number of carbonyl (C=O) groups is 1. The van der Waals surface area contributed by atoms with E-state index in [1.165, 1.54) is 16.2 Å². The molecule has 23 heavy (non-hydrogen) atoms. The second-order valence-corrected chi connectivity index (χ2v) is 6.87. The molecule has 6 heteroatoms. The van der Waals surface area contributed by atoms with E-state index in [2.05, 4.69) is 16.4 Å². The summed E-state index contributed by atoms with van der Waals surface area (Å²) in [6.45, 7) is 0. The van der Waals surface area contributed by atoms with E-state index in [1.807, 2.05) is 42.7 Å². The van der Waals surface area contributed by atoms with Gasteiger partial charge in [0.25, 0.3) is 5.91 Å². The summed E-state index contributed by atoms with van der Waals surface area (Å²) in [4.78, 5) is 18.0. The zero-order valence-electron chi connectivity index (χ0n) is 12.2. The third kappa shape index (κ3) is 2.71. The van der Waals surface area contributed by atoms with Crippen molar-refractivity contribution in [2.24, 2.45) is 0 Å². The minimum absolute atomic E-state index is 0.287. The molecule has 0 saturated heterocycles. The summed E-state index contributed by atoms with van der Waals surface area (Å²) in [5, 5.41) is 4.30. The van der Waals surface area contributed by atoms with Crippen LogP contribution in [0.2, 0.25) is 0 Å². The molecule has 0 radical (unpaired) electrons. The molecule has 0 aliphatic heterocycles. The van der Waals surface area contributed by atoms with Crippen LogP contribution in [0.3, 0.4) is 0 Å². The lowest BCUT2D eigenvalue weighted by atomic mass is 10.2. The summed E-state index contributed by atoms with van der Waals surface area (Å²) in [5.74, 6) is 0.000560. The number of furan rings is 1. The highest BCUT2D eigenvalue weighted by molar-refractivity contribution is 7.98. The van der Waals surface area contributed by atoms with E-state index >= 15 is 0 Å². The molecule has 0 aliphatic rings. The van der Waals surface area contributed by atoms with E-state index < -0.39 is 0 Å². The van der Waals surface area contributed by atoms with Crippen molar-refractivity contribution in [3.63, 3.8) is 0 Å². The standard InChI is InChI=1S/C17H12N2O2S2/c1-22-11-6-7-12-15(9-11)23-17(18-12)19-16(20)14-8-10-4-2-3-5-13(10)21-14/h2-9H,1H3,(H,18,19,20). The molecular weight excluding hydrogens is 328 g/mol. The minimum Gasteiger partial charge on any atom is -0.451 e. The van der Waals surface area contributed by atoms with E-state index in [0.717, 1.165) is 15.6 Å². The number of anilines is 1. The highest BCUT2D eigenvalue weighted by atomic mass is 32.2. The predicted octanol–water partition coefficient (Wildman–Crippen LogP) is 5.02. The molecule has 0 fully saturated rings. The predicted molar refractivity (Wildman–Crippen MR) is 95.6 cm³/mol. The number of hydrogen-bond donors (Lipinski definition) is 1. The normalized spacial score (nSPS) is 11.2. The molecule has 0 bridgehead atoms. The number of fused-ring (bicyclic) bond motifs is 2. The van der Waals surface area contributed by atoms with Crippen molar-refractivity contribution in [3.05, 3.63) is 54.3 Å². The fraction of sp³-hybridized carbons (Fsp3) is 0.0588. The third-order valence-corrected chi connectivity index (χ3v) is 5.12. The number of thioether (sulfide) groups is 1. The molecule has 0 spiro atoms. The fourth-order valence-corrected chi connectivity index (χ4v) is 3.75. The number of aromatic nitrogens is 1. The topological polar surface area (TPSA) is 55.1 Å². The van der Waals surface area contributed by atoms with E-state index in [0.29, 0.717) is 10.7 Å². The Kier molecular flexibility index (Phi) is 3.55. The van der Waals surface area contributed by atoms with Crippen LogP contribution in [0.15, 0.2) is 57.8 Å². The Morgan fingerprint density at radius 2 is 2.09 bits per heavy atom. The van der Waals surface area contributed by atoms with E-state index in [1.54, 1.807) is 17.8 Å². The van der Waals surface area contributed by atoms with E-state index in [9.17, 15) is 4.79 Å². The van der Waals surface area contributed by atoms with Gasteiger partial charge in [-0.2, -0.15) is 0 Å². The van der Waals surface area contributed by atoms with Crippen molar-refractivity contribution in [1.29, 1.82) is 0 Å². The van der Waals surface area contributed by atoms with Crippen molar-refractivity contribution in [2.75, 3.05) is 11.6 Å². The van der Waals surface area contributed by atoms with Gasteiger partial charge in [0.2, 0.25) is 0 Å². The smallest absolute Gasteiger partial charge is 0.293 e. The number of rotatable bonds is 3. The second-order valence-electron chi connectivity index (χ2n) is 4.96. The highest BCUT2D eigenvalue weighted by Crippen LogP contribution is 2.30. The zero-order valence-corrected chi connectivity index (χ0v) is 13.8. The van der Waals surface area contributed by atoms with Crippen LogP contribution in [-0.4, -0.2) is 17.1 Å². The molecular formula is C17H12N2O2S2. The van der Waals surface area contributed by atoms with Crippen LogP contribution in [0.4, 0.5) is 5.13 Å². The monoisotopic (exact) mass is 340 g/mol. The molecule has 0 unspecified atom stereocenters. The Hall–Kier alpha value is -2.31. The number of hydrogen-bond acceptors (Lipinski definition) is 5. The van der Waals surface area contributed by atoms with Gasteiger partial charge >= 0.3 is 0 Å². The van der Waals surface area contributed by atoms with Crippen LogP contribution in [0, 0.1) is 0 Å². The molecule has 114 valence electrons. The third-order valence-electron chi connectivity index (χ3n) is 3.47. The fourth-order valence-electron chi connectivity index (χ4n) is 2.34. The number of nitrogens with one attached hydrogen (secondary N) is 1. The average Bonchev–Trinajstić information content (AvgIpc) is 3.17. The minimum atomic E-state index is -0.287. The first-order valence-corrected chi connectivity index (χ1v) is 9.01. The summed E-state index contributed by atoms with van der Waals surface area (Å²) < 4.78 is 6.63. The first kappa shape index (κ1) is 14.3. The average molecular weight is 340 g/mol. The lowest BCUT2D eigenvalue weighted by molar-refractivity contribution is 0.0998. The number of nitrogens with zero attached hydrogens (tertiary/aromatic N) is 1. The second kappa shape index (κ2) is 5.72. The number of carbonyl (C=O) groups excluding carboxylic acids is 1. The van der Waals surface area contributed by atoms with Crippen molar-refractivity contribution < 1.29 is 9.21 Å². The van der Waals surface area contributed by atoms with Crippen molar-refractivity contribution in [1.82, 2.24) is 4.98 Å². The first-order chi connectivity index (χ1) is 11.2. The molecule has 4 rings (SSSR count). The van der Waals surface area contributed by atoms with Gasteiger partial charge in [0.05, 0.1) is 10.2 Å². The Morgan fingerprint density at radius 3 is 2.91 bits per heavy atom. The molecule has 0 aliphatic carbocycles. The highest BCUT2D eigenvalue weighted by Gasteiger charge is 2.14. The van der Waals surface area contributed by atoms with Gasteiger partial charge in [-0.05, 0) is 36.6 Å². The van der Waals surface area contributed by atoms with Crippen LogP contribution in [0.1, 0.15) is 10.6 Å². The maximum Gasteiger partial charge on any atom is 0.293 e. The largest absolute Gasteiger partial charge is 0.451 e. The molecule has 4 aromatic rings. The van der Waals surface area contributed by atoms with Gasteiger partial charge in [0.1, 0.15) is 5.58 Å². The number of thiazole rings is 1. The Balaban J connectivity index is 1.62. The summed E-state index contributed by atoms with van der Waals surface area (Å²) in [5.41, 5.74) is 1.58. The van der Waals surface area contributed by atoms with Gasteiger partial charge in [-0.1, -0.05) is 29.5 Å². The van der Waals surface area contributed by atoms with Crippen LogP contribution in [0.5, 0.6) is 0 Å². The van der Waals surface area contributed by atoms with E-state index in [4.69, 9.17) is 4.42 Å².